The molecule has 1 aromatic heterocycles. The fourth-order valence-corrected chi connectivity index (χ4v) is 4.26. The summed E-state index contributed by atoms with van der Waals surface area (Å²) in [6, 6.07) is 6.34. The van der Waals surface area contributed by atoms with Gasteiger partial charge in [0.2, 0.25) is 11.8 Å². The summed E-state index contributed by atoms with van der Waals surface area (Å²) in [6.45, 7) is 3.31. The summed E-state index contributed by atoms with van der Waals surface area (Å²) in [6.07, 6.45) is 9.07. The first-order valence-electron chi connectivity index (χ1n) is 10.4. The number of carbonyl (C=O) groups excluding carboxylic acids is 1. The van der Waals surface area contributed by atoms with Gasteiger partial charge in [-0.1, -0.05) is 25.0 Å². The first-order chi connectivity index (χ1) is 13.7. The maximum Gasteiger partial charge on any atom is 0.237 e. The van der Waals surface area contributed by atoms with E-state index in [4.69, 9.17) is 4.42 Å². The van der Waals surface area contributed by atoms with Crippen LogP contribution in [0, 0.1) is 5.82 Å². The number of nitrogens with zero attached hydrogens (tertiary/aromatic N) is 3. The second-order valence-electron chi connectivity index (χ2n) is 7.90. The number of rotatable bonds is 5. The summed E-state index contributed by atoms with van der Waals surface area (Å²) in [5.41, 5.74) is 0.976. The topological polar surface area (TPSA) is 49.6 Å². The summed E-state index contributed by atoms with van der Waals surface area (Å²) >= 11 is 0. The van der Waals surface area contributed by atoms with Crippen LogP contribution in [0.15, 0.2) is 34.9 Å². The van der Waals surface area contributed by atoms with E-state index in [1.54, 1.807) is 18.3 Å². The lowest BCUT2D eigenvalue weighted by Crippen LogP contribution is -2.40. The van der Waals surface area contributed by atoms with Gasteiger partial charge in [-0.25, -0.2) is 9.37 Å². The molecule has 0 bridgehead atoms. The average molecular weight is 385 g/mol. The highest BCUT2D eigenvalue weighted by molar-refractivity contribution is 5.79. The number of halogens is 1. The molecule has 28 heavy (non-hydrogen) atoms. The molecule has 1 amide bonds. The summed E-state index contributed by atoms with van der Waals surface area (Å²) in [5.74, 6) is 1.31. The van der Waals surface area contributed by atoms with Crippen LogP contribution in [0.3, 0.4) is 0 Å². The van der Waals surface area contributed by atoms with Crippen molar-refractivity contribution in [2.45, 2.75) is 51.0 Å². The highest BCUT2D eigenvalue weighted by Gasteiger charge is 2.33. The van der Waals surface area contributed by atoms with E-state index in [0.29, 0.717) is 18.9 Å². The Morgan fingerprint density at radius 1 is 1.07 bits per heavy atom. The second-order valence-corrected chi connectivity index (χ2v) is 7.90. The molecule has 2 aliphatic heterocycles. The minimum Gasteiger partial charge on any atom is -0.443 e. The molecule has 1 aromatic carbocycles. The van der Waals surface area contributed by atoms with Gasteiger partial charge in [0, 0.05) is 13.0 Å². The van der Waals surface area contributed by atoms with E-state index in [2.05, 4.69) is 9.88 Å². The van der Waals surface area contributed by atoms with E-state index in [1.807, 2.05) is 4.90 Å². The van der Waals surface area contributed by atoms with Crippen LogP contribution < -0.4 is 0 Å². The first kappa shape index (κ1) is 19.1. The van der Waals surface area contributed by atoms with Crippen LogP contribution >= 0.6 is 0 Å². The third-order valence-corrected chi connectivity index (χ3v) is 5.78. The zero-order chi connectivity index (χ0) is 19.3. The Hall–Kier alpha value is -2.21. The molecule has 0 radical (unpaired) electrons. The van der Waals surface area contributed by atoms with Crippen molar-refractivity contribution in [2.24, 2.45) is 0 Å². The predicted molar refractivity (Wildman–Crippen MR) is 104 cm³/mol. The van der Waals surface area contributed by atoms with E-state index in [-0.39, 0.29) is 17.8 Å². The number of carbonyl (C=O) groups is 1. The van der Waals surface area contributed by atoms with Gasteiger partial charge in [0.05, 0.1) is 12.7 Å². The fraction of sp³-hybridized carbons (Fsp3) is 0.545. The Labute approximate surface area is 165 Å². The van der Waals surface area contributed by atoms with Crippen LogP contribution in [0.4, 0.5) is 4.39 Å². The van der Waals surface area contributed by atoms with E-state index < -0.39 is 0 Å². The molecule has 5 nitrogen and oxygen atoms in total. The normalized spacial score (nSPS) is 21.0. The van der Waals surface area contributed by atoms with Crippen molar-refractivity contribution in [1.29, 1.82) is 0 Å². The molecular weight excluding hydrogens is 357 g/mol. The number of amides is 1. The lowest BCUT2D eigenvalue weighted by atomic mass is 10.1. The highest BCUT2D eigenvalue weighted by atomic mass is 19.1. The van der Waals surface area contributed by atoms with Crippen molar-refractivity contribution >= 4 is 5.91 Å². The standard InChI is InChI=1S/C22H28FN3O2/c23-18-9-7-17(8-10-18)14-19-15-24-22(28-19)20-6-5-13-26(20)21(27)16-25-11-3-1-2-4-12-25/h7-10,15,20H,1-6,11-14,16H2. The Morgan fingerprint density at radius 2 is 1.82 bits per heavy atom. The molecule has 0 aliphatic carbocycles. The second kappa shape index (κ2) is 8.86. The number of benzene rings is 1. The fourth-order valence-electron chi connectivity index (χ4n) is 4.26. The lowest BCUT2D eigenvalue weighted by molar-refractivity contribution is -0.133. The van der Waals surface area contributed by atoms with Crippen LogP contribution in [0.5, 0.6) is 0 Å². The van der Waals surface area contributed by atoms with Gasteiger partial charge in [-0.05, 0) is 56.5 Å². The third kappa shape index (κ3) is 4.61. The van der Waals surface area contributed by atoms with E-state index in [1.165, 1.54) is 37.8 Å². The lowest BCUT2D eigenvalue weighted by Gasteiger charge is -2.26. The van der Waals surface area contributed by atoms with Crippen LogP contribution in [0.25, 0.3) is 0 Å². The van der Waals surface area contributed by atoms with E-state index >= 15 is 0 Å². The van der Waals surface area contributed by atoms with Gasteiger partial charge in [0.1, 0.15) is 17.6 Å². The Morgan fingerprint density at radius 3 is 2.57 bits per heavy atom. The zero-order valence-electron chi connectivity index (χ0n) is 16.3. The molecule has 4 rings (SSSR count). The van der Waals surface area contributed by atoms with E-state index in [0.717, 1.165) is 43.8 Å². The molecule has 2 saturated heterocycles. The summed E-state index contributed by atoms with van der Waals surface area (Å²) in [4.78, 5) is 21.6. The summed E-state index contributed by atoms with van der Waals surface area (Å²) in [7, 11) is 0. The smallest absolute Gasteiger partial charge is 0.237 e. The molecule has 0 saturated carbocycles. The molecule has 1 atom stereocenters. The summed E-state index contributed by atoms with van der Waals surface area (Å²) < 4.78 is 19.0. The largest absolute Gasteiger partial charge is 0.443 e. The van der Waals surface area contributed by atoms with Crippen molar-refractivity contribution in [3.63, 3.8) is 0 Å². The van der Waals surface area contributed by atoms with Crippen molar-refractivity contribution in [1.82, 2.24) is 14.8 Å². The number of aromatic nitrogens is 1. The molecule has 0 N–H and O–H groups in total. The monoisotopic (exact) mass is 385 g/mol. The van der Waals surface area contributed by atoms with Crippen LogP contribution in [-0.2, 0) is 11.2 Å². The minimum atomic E-state index is -0.244. The van der Waals surface area contributed by atoms with Gasteiger partial charge in [-0.2, -0.15) is 0 Å². The molecular formula is C22H28FN3O2. The average Bonchev–Trinajstić information content (AvgIpc) is 3.28. The van der Waals surface area contributed by atoms with Gasteiger partial charge < -0.3 is 9.32 Å². The number of likely N-dealkylation sites (tertiary alicyclic amines) is 2. The number of hydrogen-bond acceptors (Lipinski definition) is 4. The molecule has 6 heteroatoms. The zero-order valence-corrected chi connectivity index (χ0v) is 16.3. The maximum atomic E-state index is 13.1. The van der Waals surface area contributed by atoms with Crippen molar-refractivity contribution < 1.29 is 13.6 Å². The predicted octanol–water partition coefficient (Wildman–Crippen LogP) is 3.94. The number of hydrogen-bond donors (Lipinski definition) is 0. The molecule has 1 unspecified atom stereocenters. The quantitative estimate of drug-likeness (QED) is 0.782. The minimum absolute atomic E-state index is 0.0681. The maximum absolute atomic E-state index is 13.1. The molecule has 2 fully saturated rings. The third-order valence-electron chi connectivity index (χ3n) is 5.78. The molecule has 2 aromatic rings. The molecule has 150 valence electrons. The highest BCUT2D eigenvalue weighted by Crippen LogP contribution is 2.32. The van der Waals surface area contributed by atoms with Crippen LogP contribution in [0.1, 0.15) is 61.8 Å². The van der Waals surface area contributed by atoms with Crippen LogP contribution in [-0.4, -0.2) is 46.9 Å². The Bertz CT molecular complexity index is 781. The van der Waals surface area contributed by atoms with Gasteiger partial charge >= 0.3 is 0 Å². The molecule has 0 spiro atoms. The Balaban J connectivity index is 1.39. The van der Waals surface area contributed by atoms with E-state index in [9.17, 15) is 9.18 Å². The van der Waals surface area contributed by atoms with Gasteiger partial charge in [0.15, 0.2) is 0 Å². The first-order valence-corrected chi connectivity index (χ1v) is 10.4. The summed E-state index contributed by atoms with van der Waals surface area (Å²) in [5, 5.41) is 0. The van der Waals surface area contributed by atoms with Crippen molar-refractivity contribution in [2.75, 3.05) is 26.2 Å². The Kier molecular flexibility index (Phi) is 6.05. The number of oxazole rings is 1. The SMILES string of the molecule is O=C(CN1CCCCCC1)N1CCCC1c1ncc(Cc2ccc(F)cc2)o1. The van der Waals surface area contributed by atoms with Crippen LogP contribution in [0.2, 0.25) is 0 Å². The van der Waals surface area contributed by atoms with Crippen molar-refractivity contribution in [3.8, 4) is 0 Å². The van der Waals surface area contributed by atoms with Gasteiger partial charge in [-0.3, -0.25) is 9.69 Å². The van der Waals surface area contributed by atoms with Gasteiger partial charge in [0.25, 0.3) is 0 Å². The van der Waals surface area contributed by atoms with Gasteiger partial charge in [-0.15, -0.1) is 0 Å². The molecule has 2 aliphatic rings. The molecule has 3 heterocycles. The van der Waals surface area contributed by atoms with Crippen molar-refractivity contribution in [3.05, 3.63) is 53.5 Å².